The summed E-state index contributed by atoms with van der Waals surface area (Å²) in [5, 5.41) is 0. The van der Waals surface area contributed by atoms with Crippen LogP contribution in [0.25, 0.3) is 0 Å². The van der Waals surface area contributed by atoms with Crippen molar-refractivity contribution in [1.82, 2.24) is 0 Å². The van der Waals surface area contributed by atoms with Crippen LogP contribution in [0, 0.1) is 0 Å². The molecule has 0 N–H and O–H groups in total. The molecule has 0 fully saturated rings. The molecule has 20 valence electrons. The fourth-order valence-corrected chi connectivity index (χ4v) is 0. The maximum atomic E-state index is 9.03. The Bertz CT molecular complexity index is 25.0. The Morgan fingerprint density at radius 3 is 1.25 bits per heavy atom. The monoisotopic (exact) mass is 87.9 g/mol. The first-order valence-electron chi connectivity index (χ1n) is 0.658. The first kappa shape index (κ1) is 4.03. The number of rotatable bonds is 1. The maximum absolute atomic E-state index is 9.03. The van der Waals surface area contributed by atoms with Crippen LogP contribution in [0.5, 0.6) is 0 Å². The highest BCUT2D eigenvalue weighted by molar-refractivity contribution is 6.84. The predicted molar refractivity (Wildman–Crippen MR) is 12.9 cm³/mol. The van der Waals surface area contributed by atoms with Gasteiger partial charge in [-0.1, -0.05) is 0 Å². The van der Waals surface area contributed by atoms with Gasteiger partial charge in [0.2, 0.25) is 0 Å². The van der Waals surface area contributed by atoms with Crippen LogP contribution in [0.2, 0.25) is 0 Å². The topological polar surface area (TPSA) is 34.1 Å². The Labute approximate surface area is 27.8 Å². The summed E-state index contributed by atoms with van der Waals surface area (Å²) in [5.41, 5.74) is 0. The molecule has 0 saturated heterocycles. The Morgan fingerprint density at radius 2 is 1.25 bits per heavy atom. The molecule has 2 nitrogen and oxygen atoms in total. The number of hydrogen-bond acceptors (Lipinski definition) is 2. The first-order chi connectivity index (χ1) is 1.91. The van der Waals surface area contributed by atoms with Gasteiger partial charge in [-0.15, -0.1) is 0 Å². The summed E-state index contributed by atoms with van der Waals surface area (Å²) in [6.07, 6.45) is 0. The lowest BCUT2D eigenvalue weighted by Crippen LogP contribution is -1.70. The molecule has 4 heavy (non-hydrogen) atoms. The average Bonchev–Trinajstić information content (AvgIpc) is 1.37. The fraction of sp³-hybridized carbons (Fsp3) is 0. The van der Waals surface area contributed by atoms with Crippen LogP contribution in [-0.4, -0.2) is 17.8 Å². The van der Waals surface area contributed by atoms with E-state index in [2.05, 4.69) is 0 Å². The molecule has 0 spiro atoms. The van der Waals surface area contributed by atoms with Crippen LogP contribution in [-0.2, 0) is 8.92 Å². The standard InChI is InChI=1S/O2Si2/c1-3-4-2. The molecular weight excluding hydrogens is 88.2 g/mol. The van der Waals surface area contributed by atoms with Gasteiger partial charge >= 0.3 is 17.8 Å². The van der Waals surface area contributed by atoms with Gasteiger partial charge in [0.1, 0.15) is 0 Å². The van der Waals surface area contributed by atoms with Gasteiger partial charge in [-0.05, 0) is 0 Å². The second kappa shape index (κ2) is 3.03. The minimum Gasteiger partial charge on any atom is -0.381 e. The summed E-state index contributed by atoms with van der Waals surface area (Å²) in [4.78, 5) is 0. The average molecular weight is 88.2 g/mol. The highest BCUT2D eigenvalue weighted by atomic mass is 29.1. The van der Waals surface area contributed by atoms with Gasteiger partial charge in [0.05, 0.1) is 0 Å². The molecule has 0 aliphatic rings. The van der Waals surface area contributed by atoms with Crippen molar-refractivity contribution < 1.29 is 8.92 Å². The van der Waals surface area contributed by atoms with E-state index < -0.39 is 17.8 Å². The van der Waals surface area contributed by atoms with Crippen LogP contribution in [0.3, 0.4) is 0 Å². The molecule has 0 aromatic carbocycles. The zero-order chi connectivity index (χ0) is 3.41. The molecule has 0 aliphatic carbocycles. The molecule has 0 amide bonds. The molecule has 0 aliphatic heterocycles. The first-order valence-corrected chi connectivity index (χ1v) is 3.47. The van der Waals surface area contributed by atoms with E-state index in [1.54, 1.807) is 0 Å². The van der Waals surface area contributed by atoms with Crippen molar-refractivity contribution in [1.29, 1.82) is 0 Å². The molecule has 0 unspecified atom stereocenters. The van der Waals surface area contributed by atoms with Crippen molar-refractivity contribution >= 4 is 17.8 Å². The molecule has 0 atom stereocenters. The third-order valence-corrected chi connectivity index (χ3v) is 0.375. The van der Waals surface area contributed by atoms with Crippen LogP contribution in [0.1, 0.15) is 0 Å². The van der Waals surface area contributed by atoms with E-state index in [9.17, 15) is 0 Å². The minimum atomic E-state index is -0.637. The second-order valence-corrected chi connectivity index (χ2v) is 1.84. The van der Waals surface area contributed by atoms with Crippen LogP contribution >= 0.6 is 0 Å². The highest BCUT2D eigenvalue weighted by Gasteiger charge is 1.63. The zero-order valence-corrected chi connectivity index (χ0v) is 3.82. The Kier molecular flexibility index (Phi) is 3.06. The molecule has 0 aromatic heterocycles. The third-order valence-electron chi connectivity index (χ3n) is 0.0417. The molecule has 0 rings (SSSR count). The summed E-state index contributed by atoms with van der Waals surface area (Å²) in [6, 6.07) is 0. The summed E-state index contributed by atoms with van der Waals surface area (Å²) in [6.45, 7) is 0. The molecular formula is O2Si2. The van der Waals surface area contributed by atoms with E-state index >= 15 is 0 Å². The summed E-state index contributed by atoms with van der Waals surface area (Å²) < 4.78 is 18.1. The summed E-state index contributed by atoms with van der Waals surface area (Å²) in [7, 11) is -1.27. The molecule has 0 aromatic rings. The lowest BCUT2D eigenvalue weighted by atomic mass is 16.0. The van der Waals surface area contributed by atoms with Crippen LogP contribution in [0.4, 0.5) is 0 Å². The van der Waals surface area contributed by atoms with Gasteiger partial charge in [0.15, 0.2) is 0 Å². The van der Waals surface area contributed by atoms with Crippen molar-refractivity contribution in [2.24, 2.45) is 0 Å². The zero-order valence-electron chi connectivity index (χ0n) is 1.82. The SMILES string of the molecule is O=[Si][Si]=O. The normalized spacial score (nSPS) is 5.00. The van der Waals surface area contributed by atoms with Gasteiger partial charge < -0.3 is 8.92 Å². The fourth-order valence-electron chi connectivity index (χ4n) is 0. The van der Waals surface area contributed by atoms with Gasteiger partial charge in [-0.2, -0.15) is 0 Å². The summed E-state index contributed by atoms with van der Waals surface area (Å²) >= 11 is 0. The smallest absolute Gasteiger partial charge is 0.381 e. The van der Waals surface area contributed by atoms with Crippen LogP contribution < -0.4 is 0 Å². The lowest BCUT2D eigenvalue weighted by Gasteiger charge is -1.22. The largest absolute Gasteiger partial charge is 0.381 e. The van der Waals surface area contributed by atoms with Gasteiger partial charge in [-0.25, -0.2) is 0 Å². The molecule has 2 radical (unpaired) electrons. The van der Waals surface area contributed by atoms with Crippen molar-refractivity contribution in [3.8, 4) is 0 Å². The maximum Gasteiger partial charge on any atom is 0.381 e. The lowest BCUT2D eigenvalue weighted by molar-refractivity contribution is 0.566. The van der Waals surface area contributed by atoms with E-state index in [0.717, 1.165) is 0 Å². The highest BCUT2D eigenvalue weighted by Crippen LogP contribution is 1.05. The summed E-state index contributed by atoms with van der Waals surface area (Å²) in [5.74, 6) is 0. The quantitative estimate of drug-likeness (QED) is 0.385. The van der Waals surface area contributed by atoms with Gasteiger partial charge in [-0.3, -0.25) is 0 Å². The predicted octanol–water partition coefficient (Wildman–Crippen LogP) is -0.999. The molecule has 4 heteroatoms. The second-order valence-electron chi connectivity index (χ2n) is 0.204. The van der Waals surface area contributed by atoms with E-state index in [-0.39, 0.29) is 0 Å². The van der Waals surface area contributed by atoms with Crippen molar-refractivity contribution in [2.45, 2.75) is 0 Å². The van der Waals surface area contributed by atoms with E-state index in [0.29, 0.717) is 0 Å². The van der Waals surface area contributed by atoms with Crippen molar-refractivity contribution in [3.05, 3.63) is 0 Å². The molecule has 0 saturated carbocycles. The van der Waals surface area contributed by atoms with Crippen molar-refractivity contribution in [3.63, 3.8) is 0 Å². The van der Waals surface area contributed by atoms with Crippen molar-refractivity contribution in [2.75, 3.05) is 0 Å². The third kappa shape index (κ3) is 2.03. The van der Waals surface area contributed by atoms with Gasteiger partial charge in [0, 0.05) is 0 Å². The van der Waals surface area contributed by atoms with E-state index in [1.165, 1.54) is 0 Å². The Morgan fingerprint density at radius 1 is 1.00 bits per heavy atom. The molecule has 0 heterocycles. The van der Waals surface area contributed by atoms with Crippen LogP contribution in [0.15, 0.2) is 0 Å². The number of hydrogen-bond donors (Lipinski definition) is 0. The Hall–Kier alpha value is 0.0338. The Balaban J connectivity index is 2.73. The minimum absolute atomic E-state index is 0.637. The van der Waals surface area contributed by atoms with E-state index in [4.69, 9.17) is 8.92 Å². The van der Waals surface area contributed by atoms with E-state index in [1.807, 2.05) is 0 Å². The molecule has 0 bridgehead atoms. The van der Waals surface area contributed by atoms with Gasteiger partial charge in [0.25, 0.3) is 0 Å².